The van der Waals surface area contributed by atoms with Crippen LogP contribution in [0.3, 0.4) is 0 Å². The molecule has 0 atom stereocenters. The van der Waals surface area contributed by atoms with Gasteiger partial charge in [-0.2, -0.15) is 22.7 Å². The molecule has 12 heteroatoms. The third-order valence-electron chi connectivity index (χ3n) is 5.46. The molecule has 0 radical (unpaired) electrons. The molecule has 3 aromatic rings. The first-order valence-corrected chi connectivity index (χ1v) is 10.4. The predicted octanol–water partition coefficient (Wildman–Crippen LogP) is 3.75. The average molecular weight is 504 g/mol. The van der Waals surface area contributed by atoms with E-state index in [2.05, 4.69) is 19.2 Å². The quantitative estimate of drug-likeness (QED) is 0.400. The molecule has 1 aromatic heterocycles. The minimum Gasteiger partial charge on any atom is -0.491 e. The first-order valence-electron chi connectivity index (χ1n) is 10.4. The normalized spacial score (nSPS) is 17.3. The van der Waals surface area contributed by atoms with E-state index in [9.17, 15) is 26.7 Å². The summed E-state index contributed by atoms with van der Waals surface area (Å²) in [6.07, 6.45) is -5.71. The minimum absolute atomic E-state index is 0.111. The summed E-state index contributed by atoms with van der Waals surface area (Å²) in [4.78, 5) is 13.0. The van der Waals surface area contributed by atoms with Crippen molar-refractivity contribution >= 4 is 17.5 Å². The van der Waals surface area contributed by atoms with Gasteiger partial charge in [-0.1, -0.05) is 22.9 Å². The Hall–Kier alpha value is -4.44. The van der Waals surface area contributed by atoms with Gasteiger partial charge >= 0.3 is 17.9 Å². The summed E-state index contributed by atoms with van der Waals surface area (Å²) >= 11 is 0. The van der Waals surface area contributed by atoms with Crippen molar-refractivity contribution in [2.75, 3.05) is 7.11 Å². The molecule has 0 unspecified atom stereocenters. The van der Waals surface area contributed by atoms with Crippen LogP contribution in [0.15, 0.2) is 59.5 Å². The van der Waals surface area contributed by atoms with Crippen molar-refractivity contribution in [3.63, 3.8) is 0 Å². The van der Waals surface area contributed by atoms with Crippen LogP contribution in [0, 0.1) is 5.82 Å². The fourth-order valence-corrected chi connectivity index (χ4v) is 3.67. The minimum atomic E-state index is -5.00. The van der Waals surface area contributed by atoms with E-state index in [-0.39, 0.29) is 17.9 Å². The molecule has 5 rings (SSSR count). The van der Waals surface area contributed by atoms with Gasteiger partial charge in [-0.05, 0) is 12.1 Å². The summed E-state index contributed by atoms with van der Waals surface area (Å²) in [5.41, 5.74) is 0.711. The van der Waals surface area contributed by atoms with Gasteiger partial charge in [0.25, 0.3) is 6.21 Å². The zero-order chi connectivity index (χ0) is 25.7. The molecular formula is C24H15F5N3O4+. The highest BCUT2D eigenvalue weighted by Crippen LogP contribution is 2.47. The molecule has 36 heavy (non-hydrogen) atoms. The molecule has 3 heterocycles. The number of hydrogen-bond acceptors (Lipinski definition) is 5. The van der Waals surface area contributed by atoms with Gasteiger partial charge in [-0.15, -0.1) is 0 Å². The topological polar surface area (TPSA) is 76.7 Å². The molecule has 0 fully saturated rings. The van der Waals surface area contributed by atoms with Crippen LogP contribution in [0.1, 0.15) is 17.7 Å². The van der Waals surface area contributed by atoms with Crippen LogP contribution in [0.25, 0.3) is 11.3 Å². The van der Waals surface area contributed by atoms with E-state index in [0.29, 0.717) is 23.4 Å². The van der Waals surface area contributed by atoms with E-state index in [1.165, 1.54) is 13.3 Å². The van der Waals surface area contributed by atoms with E-state index >= 15 is 0 Å². The van der Waals surface area contributed by atoms with E-state index in [4.69, 9.17) is 4.74 Å². The zero-order valence-corrected chi connectivity index (χ0v) is 18.3. The van der Waals surface area contributed by atoms with Crippen molar-refractivity contribution in [2.24, 2.45) is 0 Å². The number of ether oxygens (including phenoxy) is 3. The van der Waals surface area contributed by atoms with E-state index in [0.717, 1.165) is 16.4 Å². The number of allylic oxidation sites excluding steroid dienone is 2. The number of aromatic nitrogens is 2. The smallest absolute Gasteiger partial charge is 0.491 e. The van der Waals surface area contributed by atoms with Crippen molar-refractivity contribution in [3.8, 4) is 22.9 Å². The highest BCUT2D eigenvalue weighted by Gasteiger charge is 2.66. The summed E-state index contributed by atoms with van der Waals surface area (Å²) in [5, 5.41) is 4.19. The Balaban J connectivity index is 1.58. The maximum Gasteiger partial charge on any atom is 0.507 e. The molecule has 0 amide bonds. The van der Waals surface area contributed by atoms with Crippen LogP contribution < -0.4 is 24.3 Å². The molecule has 7 nitrogen and oxygen atoms in total. The molecule has 2 aliphatic rings. The van der Waals surface area contributed by atoms with Crippen LogP contribution in [0.4, 0.5) is 22.0 Å². The summed E-state index contributed by atoms with van der Waals surface area (Å²) in [7, 11) is 1.21. The second-order valence-electron chi connectivity index (χ2n) is 7.77. The number of rotatable bonds is 4. The molecule has 0 bridgehead atoms. The number of alkyl halides is 4. The van der Waals surface area contributed by atoms with Gasteiger partial charge in [0.15, 0.2) is 23.1 Å². The molecule has 0 spiro atoms. The molecule has 0 saturated heterocycles. The number of benzene rings is 2. The van der Waals surface area contributed by atoms with E-state index in [1.54, 1.807) is 6.08 Å². The monoisotopic (exact) mass is 504 g/mol. The molecule has 0 saturated carbocycles. The highest BCUT2D eigenvalue weighted by molar-refractivity contribution is 6.10. The van der Waals surface area contributed by atoms with Crippen molar-refractivity contribution in [1.82, 2.24) is 14.4 Å². The molecular weight excluding hydrogens is 489 g/mol. The lowest BCUT2D eigenvalue weighted by molar-refractivity contribution is -0.391. The Morgan fingerprint density at radius 2 is 1.72 bits per heavy atom. The van der Waals surface area contributed by atoms with Crippen LogP contribution in [-0.4, -0.2) is 41.0 Å². The lowest BCUT2D eigenvalue weighted by Crippen LogP contribution is -2.52. The number of hydrogen-bond donors (Lipinski definition) is 0. The van der Waals surface area contributed by atoms with Crippen molar-refractivity contribution in [2.45, 2.75) is 18.6 Å². The maximum atomic E-state index is 14.9. The first kappa shape index (κ1) is 23.3. The van der Waals surface area contributed by atoms with Crippen molar-refractivity contribution in [3.05, 3.63) is 82.0 Å². The van der Waals surface area contributed by atoms with E-state index < -0.39 is 40.6 Å². The lowest BCUT2D eigenvalue weighted by Gasteiger charge is -2.32. The van der Waals surface area contributed by atoms with Gasteiger partial charge in [0.1, 0.15) is 11.4 Å². The van der Waals surface area contributed by atoms with Crippen molar-refractivity contribution < 1.29 is 36.2 Å². The third kappa shape index (κ3) is 3.91. The number of fused-ring (bicyclic) bond motifs is 1. The highest BCUT2D eigenvalue weighted by atomic mass is 19.3. The fraction of sp³-hybridized carbons (Fsp3) is 0.167. The van der Waals surface area contributed by atoms with Gasteiger partial charge in [0.2, 0.25) is 5.43 Å². The van der Waals surface area contributed by atoms with Gasteiger partial charge in [-0.25, -0.2) is 9.07 Å². The van der Waals surface area contributed by atoms with Crippen molar-refractivity contribution in [1.29, 1.82) is 0 Å². The van der Waals surface area contributed by atoms with Gasteiger partial charge in [0.05, 0.1) is 25.3 Å². The van der Waals surface area contributed by atoms with E-state index in [1.807, 2.05) is 30.3 Å². The number of nitrogens with zero attached hydrogens (tertiary/aromatic N) is 3. The summed E-state index contributed by atoms with van der Waals surface area (Å²) in [5.74, 6) is -3.14. The van der Waals surface area contributed by atoms with Crippen LogP contribution in [-0.2, 0) is 0 Å². The standard InChI is InChI=1S/C24H15F5N3O4/c1-34-20-12-32(17-11-19-18(10-15(17)25)35-23(26,27)24(28,29)36-19)31-21(22(20)33)14-7-8-30-16(9-14)13-5-3-2-4-6-13/h2-8,10-12H,9H2,1H3/q+1. The fourth-order valence-electron chi connectivity index (χ4n) is 3.67. The molecule has 0 aliphatic carbocycles. The SMILES string of the molecule is COc1cn(-c2cc3c(cc2F)OC(F)(F)C(F)(F)O3)nc(C2=CC=[N+]=C(c3ccccc3)C2)c1=O. The third-order valence-corrected chi connectivity index (χ3v) is 5.46. The van der Waals surface area contributed by atoms with Gasteiger partial charge < -0.3 is 14.2 Å². The van der Waals surface area contributed by atoms with Crippen LogP contribution in [0.2, 0.25) is 0 Å². The Labute approximate surface area is 199 Å². The maximum absolute atomic E-state index is 14.9. The number of methoxy groups -OCH3 is 1. The second kappa shape index (κ2) is 8.35. The van der Waals surface area contributed by atoms with Crippen LogP contribution >= 0.6 is 0 Å². The predicted molar refractivity (Wildman–Crippen MR) is 119 cm³/mol. The van der Waals surface area contributed by atoms with Gasteiger partial charge in [0, 0.05) is 23.8 Å². The lowest BCUT2D eigenvalue weighted by atomic mass is 9.98. The number of halogens is 5. The second-order valence-corrected chi connectivity index (χ2v) is 7.77. The zero-order valence-electron chi connectivity index (χ0n) is 18.3. The summed E-state index contributed by atoms with van der Waals surface area (Å²) < 4.78 is 87.6. The van der Waals surface area contributed by atoms with Gasteiger partial charge in [-0.3, -0.25) is 4.79 Å². The summed E-state index contributed by atoms with van der Waals surface area (Å²) in [6, 6.07) is 10.4. The largest absolute Gasteiger partial charge is 0.507 e. The Kier molecular flexibility index (Phi) is 5.40. The average Bonchev–Trinajstić information content (AvgIpc) is 2.85. The Morgan fingerprint density at radius 3 is 2.39 bits per heavy atom. The molecule has 2 aromatic carbocycles. The molecule has 0 N–H and O–H groups in total. The first-order chi connectivity index (χ1) is 17.1. The molecule has 2 aliphatic heterocycles. The Morgan fingerprint density at radius 1 is 1.06 bits per heavy atom. The summed E-state index contributed by atoms with van der Waals surface area (Å²) in [6.45, 7) is 0. The van der Waals surface area contributed by atoms with Crippen LogP contribution in [0.5, 0.6) is 17.2 Å². The molecule has 184 valence electrons. The Bertz CT molecular complexity index is 1530.